The van der Waals surface area contributed by atoms with Gasteiger partial charge in [0, 0.05) is 0 Å². The van der Waals surface area contributed by atoms with Crippen LogP contribution in [0.3, 0.4) is 0 Å². The number of hydrogen-bond donors (Lipinski definition) is 0. The van der Waals surface area contributed by atoms with Crippen molar-refractivity contribution in [2.45, 2.75) is 53.1 Å². The number of esters is 1. The van der Waals surface area contributed by atoms with Crippen molar-refractivity contribution in [1.82, 2.24) is 0 Å². The summed E-state index contributed by atoms with van der Waals surface area (Å²) in [7, 11) is -2.56. The molecule has 0 radical (unpaired) electrons. The molecule has 0 aliphatic heterocycles. The van der Waals surface area contributed by atoms with Crippen molar-refractivity contribution in [2.24, 2.45) is 5.41 Å². The summed E-state index contributed by atoms with van der Waals surface area (Å²) >= 11 is 0. The van der Waals surface area contributed by atoms with Crippen molar-refractivity contribution in [3.05, 3.63) is 0 Å². The monoisotopic (exact) mass is 280 g/mol. The van der Waals surface area contributed by atoms with E-state index in [1.807, 2.05) is 6.92 Å². The molecule has 0 spiro atoms. The molecule has 6 heteroatoms. The zero-order chi connectivity index (χ0) is 14.6. The van der Waals surface area contributed by atoms with Crippen LogP contribution in [0, 0.1) is 5.41 Å². The zero-order valence-corrected chi connectivity index (χ0v) is 12.9. The molecule has 0 saturated carbocycles. The first kappa shape index (κ1) is 17.4. The standard InChI is InChI=1S/C12H24O5S/c1-7-11(3,4)10(13)17-12(5,8-2)9-18(14,15)16-6/h7-9H2,1-6H3. The van der Waals surface area contributed by atoms with Gasteiger partial charge >= 0.3 is 5.97 Å². The molecule has 0 heterocycles. The molecule has 0 N–H and O–H groups in total. The SMILES string of the molecule is CCC(C)(CS(=O)(=O)OC)OC(=O)C(C)(C)CC. The third-order valence-corrected chi connectivity index (χ3v) is 4.73. The van der Waals surface area contributed by atoms with E-state index in [9.17, 15) is 13.2 Å². The molecule has 0 saturated heterocycles. The van der Waals surface area contributed by atoms with Gasteiger partial charge in [0.1, 0.15) is 11.4 Å². The van der Waals surface area contributed by atoms with E-state index < -0.39 is 21.1 Å². The Kier molecular flexibility index (Phi) is 5.81. The summed E-state index contributed by atoms with van der Waals surface area (Å²) < 4.78 is 32.7. The summed E-state index contributed by atoms with van der Waals surface area (Å²) in [6.45, 7) is 8.81. The van der Waals surface area contributed by atoms with Crippen LogP contribution in [0.2, 0.25) is 0 Å². The molecule has 0 bridgehead atoms. The molecule has 1 unspecified atom stereocenters. The summed E-state index contributed by atoms with van der Waals surface area (Å²) in [6.07, 6.45) is 1.03. The fraction of sp³-hybridized carbons (Fsp3) is 0.917. The lowest BCUT2D eigenvalue weighted by molar-refractivity contribution is -0.167. The third-order valence-electron chi connectivity index (χ3n) is 3.26. The maximum atomic E-state index is 12.0. The Morgan fingerprint density at radius 3 is 1.94 bits per heavy atom. The Morgan fingerprint density at radius 2 is 1.61 bits per heavy atom. The molecule has 0 rings (SSSR count). The van der Waals surface area contributed by atoms with Gasteiger partial charge in [-0.2, -0.15) is 8.42 Å². The molecular weight excluding hydrogens is 256 g/mol. The summed E-state index contributed by atoms with van der Waals surface area (Å²) in [5.41, 5.74) is -1.67. The van der Waals surface area contributed by atoms with Crippen molar-refractivity contribution in [1.29, 1.82) is 0 Å². The predicted molar refractivity (Wildman–Crippen MR) is 69.7 cm³/mol. The molecule has 0 aromatic rings. The van der Waals surface area contributed by atoms with Crippen molar-refractivity contribution in [3.8, 4) is 0 Å². The molecule has 0 aromatic heterocycles. The molecule has 5 nitrogen and oxygen atoms in total. The number of carbonyl (C=O) groups excluding carboxylic acids is 1. The molecule has 0 amide bonds. The first-order chi connectivity index (χ1) is 8.02. The lowest BCUT2D eigenvalue weighted by Crippen LogP contribution is -2.42. The van der Waals surface area contributed by atoms with Crippen molar-refractivity contribution < 1.29 is 22.1 Å². The van der Waals surface area contributed by atoms with Crippen molar-refractivity contribution in [3.63, 3.8) is 0 Å². The smallest absolute Gasteiger partial charge is 0.312 e. The zero-order valence-electron chi connectivity index (χ0n) is 12.1. The summed E-state index contributed by atoms with van der Waals surface area (Å²) in [5.74, 6) is -0.723. The van der Waals surface area contributed by atoms with E-state index in [2.05, 4.69) is 4.18 Å². The van der Waals surface area contributed by atoms with Crippen LogP contribution in [0.25, 0.3) is 0 Å². The normalized spacial score (nSPS) is 16.1. The molecule has 0 aliphatic carbocycles. The first-order valence-electron chi connectivity index (χ1n) is 6.03. The molecular formula is C12H24O5S. The lowest BCUT2D eigenvalue weighted by Gasteiger charge is -2.32. The van der Waals surface area contributed by atoms with Gasteiger partial charge < -0.3 is 4.74 Å². The second-order valence-electron chi connectivity index (χ2n) is 5.30. The molecule has 0 aliphatic rings. The van der Waals surface area contributed by atoms with Crippen LogP contribution in [-0.4, -0.2) is 32.9 Å². The Balaban J connectivity index is 4.95. The summed E-state index contributed by atoms with van der Waals surface area (Å²) in [5, 5.41) is 0. The minimum atomic E-state index is -3.66. The largest absolute Gasteiger partial charge is 0.458 e. The Hall–Kier alpha value is -0.620. The number of ether oxygens (including phenoxy) is 1. The number of rotatable bonds is 7. The summed E-state index contributed by atoms with van der Waals surface area (Å²) in [4.78, 5) is 12.0. The molecule has 108 valence electrons. The van der Waals surface area contributed by atoms with Gasteiger partial charge in [-0.3, -0.25) is 8.98 Å². The van der Waals surface area contributed by atoms with Gasteiger partial charge in [-0.05, 0) is 33.6 Å². The topological polar surface area (TPSA) is 69.7 Å². The lowest BCUT2D eigenvalue weighted by atomic mass is 9.90. The number of hydrogen-bond acceptors (Lipinski definition) is 5. The van der Waals surface area contributed by atoms with Crippen LogP contribution in [-0.2, 0) is 23.8 Å². The summed E-state index contributed by atoms with van der Waals surface area (Å²) in [6, 6.07) is 0. The van der Waals surface area contributed by atoms with E-state index in [1.165, 1.54) is 0 Å². The highest BCUT2D eigenvalue weighted by atomic mass is 32.2. The van der Waals surface area contributed by atoms with E-state index in [-0.39, 0.29) is 11.7 Å². The fourth-order valence-corrected chi connectivity index (χ4v) is 2.27. The number of carbonyl (C=O) groups is 1. The van der Waals surface area contributed by atoms with E-state index in [0.717, 1.165) is 7.11 Å². The maximum absolute atomic E-state index is 12.0. The van der Waals surface area contributed by atoms with Gasteiger partial charge in [0.25, 0.3) is 10.1 Å². The van der Waals surface area contributed by atoms with Gasteiger partial charge in [0.05, 0.1) is 12.5 Å². The van der Waals surface area contributed by atoms with Crippen molar-refractivity contribution in [2.75, 3.05) is 12.9 Å². The van der Waals surface area contributed by atoms with Gasteiger partial charge in [0.15, 0.2) is 0 Å². The minimum Gasteiger partial charge on any atom is -0.458 e. The molecule has 0 fully saturated rings. The van der Waals surface area contributed by atoms with E-state index in [0.29, 0.717) is 12.8 Å². The van der Waals surface area contributed by atoms with Crippen LogP contribution in [0.15, 0.2) is 0 Å². The third kappa shape index (κ3) is 4.94. The van der Waals surface area contributed by atoms with Crippen molar-refractivity contribution >= 4 is 16.1 Å². The van der Waals surface area contributed by atoms with Gasteiger partial charge in [-0.25, -0.2) is 0 Å². The van der Waals surface area contributed by atoms with Crippen LogP contribution in [0.1, 0.15) is 47.5 Å². The second kappa shape index (κ2) is 6.02. The van der Waals surface area contributed by atoms with E-state index in [4.69, 9.17) is 4.74 Å². The van der Waals surface area contributed by atoms with Gasteiger partial charge in [-0.1, -0.05) is 13.8 Å². The Bertz CT molecular complexity index is 385. The average Bonchev–Trinajstić information content (AvgIpc) is 2.28. The highest BCUT2D eigenvalue weighted by Gasteiger charge is 2.37. The predicted octanol–water partition coefficient (Wildman–Crippen LogP) is 2.11. The van der Waals surface area contributed by atoms with Gasteiger partial charge in [-0.15, -0.1) is 0 Å². The maximum Gasteiger partial charge on any atom is 0.312 e. The highest BCUT2D eigenvalue weighted by Crippen LogP contribution is 2.27. The molecule has 0 aromatic carbocycles. The molecule has 1 atom stereocenters. The first-order valence-corrected chi connectivity index (χ1v) is 7.61. The van der Waals surface area contributed by atoms with Crippen LogP contribution in [0.4, 0.5) is 0 Å². The van der Waals surface area contributed by atoms with Crippen LogP contribution in [0.5, 0.6) is 0 Å². The minimum absolute atomic E-state index is 0.335. The average molecular weight is 280 g/mol. The van der Waals surface area contributed by atoms with Crippen LogP contribution >= 0.6 is 0 Å². The molecule has 18 heavy (non-hydrogen) atoms. The quantitative estimate of drug-likeness (QED) is 0.527. The highest BCUT2D eigenvalue weighted by molar-refractivity contribution is 7.86. The fourth-order valence-electron chi connectivity index (χ4n) is 1.14. The Labute approximate surface area is 110 Å². The Morgan fingerprint density at radius 1 is 1.11 bits per heavy atom. The second-order valence-corrected chi connectivity index (χ2v) is 7.04. The van der Waals surface area contributed by atoms with E-state index in [1.54, 1.807) is 27.7 Å². The van der Waals surface area contributed by atoms with Crippen LogP contribution < -0.4 is 0 Å². The van der Waals surface area contributed by atoms with Gasteiger partial charge in [0.2, 0.25) is 0 Å². The van der Waals surface area contributed by atoms with E-state index >= 15 is 0 Å².